The van der Waals surface area contributed by atoms with Crippen molar-refractivity contribution in [1.29, 1.82) is 0 Å². The van der Waals surface area contributed by atoms with Crippen LogP contribution in [0.15, 0.2) is 23.1 Å². The molecule has 0 spiro atoms. The summed E-state index contributed by atoms with van der Waals surface area (Å²) in [5, 5.41) is 0. The average Bonchev–Trinajstić information content (AvgIpc) is 2.12. The van der Waals surface area contributed by atoms with Gasteiger partial charge < -0.3 is 0 Å². The van der Waals surface area contributed by atoms with Crippen LogP contribution >= 0.6 is 11.8 Å². The Labute approximate surface area is 93.9 Å². The Morgan fingerprint density at radius 3 is 2.43 bits per heavy atom. The largest absolute Gasteiger partial charge is 0.126 e. The van der Waals surface area contributed by atoms with Crippen LogP contribution in [0.25, 0.3) is 0 Å². The van der Waals surface area contributed by atoms with Gasteiger partial charge in [-0.15, -0.1) is 11.8 Å². The van der Waals surface area contributed by atoms with Crippen LogP contribution in [-0.4, -0.2) is 5.75 Å². The maximum absolute atomic E-state index is 4.15. The Morgan fingerprint density at radius 2 is 2.00 bits per heavy atom. The van der Waals surface area contributed by atoms with E-state index in [1.54, 1.807) is 0 Å². The first-order chi connectivity index (χ1) is 6.61. The zero-order valence-electron chi connectivity index (χ0n) is 10.1. The van der Waals surface area contributed by atoms with Gasteiger partial charge in [0.05, 0.1) is 0 Å². The SMILES string of the molecule is C=C(CCC)/C(=C\CC)SCC(C)C. The Morgan fingerprint density at radius 1 is 1.36 bits per heavy atom. The topological polar surface area (TPSA) is 0 Å². The second-order valence-electron chi connectivity index (χ2n) is 4.04. The third-order valence-corrected chi connectivity index (χ3v) is 3.46. The van der Waals surface area contributed by atoms with Gasteiger partial charge in [0, 0.05) is 10.7 Å². The maximum atomic E-state index is 4.15. The Kier molecular flexibility index (Phi) is 8.07. The molecule has 0 unspecified atom stereocenters. The van der Waals surface area contributed by atoms with Gasteiger partial charge >= 0.3 is 0 Å². The monoisotopic (exact) mass is 212 g/mol. The maximum Gasteiger partial charge on any atom is 0.00581 e. The Balaban J connectivity index is 4.15. The molecule has 0 heterocycles. The second kappa shape index (κ2) is 8.16. The molecule has 0 fully saturated rings. The summed E-state index contributed by atoms with van der Waals surface area (Å²) >= 11 is 1.96. The van der Waals surface area contributed by atoms with E-state index in [1.807, 2.05) is 11.8 Å². The van der Waals surface area contributed by atoms with Crippen LogP contribution in [0.4, 0.5) is 0 Å². The first kappa shape index (κ1) is 13.8. The normalized spacial score (nSPS) is 12.2. The van der Waals surface area contributed by atoms with Crippen molar-refractivity contribution >= 4 is 11.8 Å². The van der Waals surface area contributed by atoms with Gasteiger partial charge in [0.2, 0.25) is 0 Å². The van der Waals surface area contributed by atoms with Crippen LogP contribution in [0, 0.1) is 5.92 Å². The predicted molar refractivity (Wildman–Crippen MR) is 69.7 cm³/mol. The summed E-state index contributed by atoms with van der Waals surface area (Å²) in [7, 11) is 0. The molecule has 0 aromatic rings. The van der Waals surface area contributed by atoms with E-state index in [0.29, 0.717) is 0 Å². The first-order valence-corrected chi connectivity index (χ1v) is 6.61. The summed E-state index contributed by atoms with van der Waals surface area (Å²) in [6, 6.07) is 0. The summed E-state index contributed by atoms with van der Waals surface area (Å²) in [5.74, 6) is 1.96. The van der Waals surface area contributed by atoms with E-state index in [2.05, 4.69) is 40.3 Å². The van der Waals surface area contributed by atoms with Crippen molar-refractivity contribution in [3.8, 4) is 0 Å². The summed E-state index contributed by atoms with van der Waals surface area (Å²) in [6.45, 7) is 13.1. The lowest BCUT2D eigenvalue weighted by molar-refractivity contribution is 0.751. The number of hydrogen-bond acceptors (Lipinski definition) is 1. The predicted octanol–water partition coefficient (Wildman–Crippen LogP) is 5.03. The zero-order valence-corrected chi connectivity index (χ0v) is 10.9. The van der Waals surface area contributed by atoms with E-state index in [1.165, 1.54) is 22.7 Å². The highest BCUT2D eigenvalue weighted by molar-refractivity contribution is 8.03. The molecule has 0 nitrogen and oxygen atoms in total. The van der Waals surface area contributed by atoms with E-state index >= 15 is 0 Å². The lowest BCUT2D eigenvalue weighted by Gasteiger charge is -2.11. The van der Waals surface area contributed by atoms with Crippen molar-refractivity contribution in [1.82, 2.24) is 0 Å². The minimum Gasteiger partial charge on any atom is -0.126 e. The zero-order chi connectivity index (χ0) is 11.0. The minimum atomic E-state index is 0.759. The van der Waals surface area contributed by atoms with Gasteiger partial charge in [0.25, 0.3) is 0 Å². The fourth-order valence-corrected chi connectivity index (χ4v) is 2.28. The van der Waals surface area contributed by atoms with Crippen molar-refractivity contribution in [3.63, 3.8) is 0 Å². The van der Waals surface area contributed by atoms with Crippen molar-refractivity contribution in [2.75, 3.05) is 5.75 Å². The van der Waals surface area contributed by atoms with E-state index in [0.717, 1.165) is 18.8 Å². The Bertz CT molecular complexity index is 189. The van der Waals surface area contributed by atoms with Gasteiger partial charge in [0.15, 0.2) is 0 Å². The van der Waals surface area contributed by atoms with Gasteiger partial charge in [0.1, 0.15) is 0 Å². The van der Waals surface area contributed by atoms with Crippen LogP contribution in [-0.2, 0) is 0 Å². The quantitative estimate of drug-likeness (QED) is 0.534. The van der Waals surface area contributed by atoms with Crippen LogP contribution in [0.2, 0.25) is 0 Å². The van der Waals surface area contributed by atoms with Crippen molar-refractivity contribution in [3.05, 3.63) is 23.1 Å². The van der Waals surface area contributed by atoms with Gasteiger partial charge in [-0.3, -0.25) is 0 Å². The van der Waals surface area contributed by atoms with Crippen molar-refractivity contribution in [2.24, 2.45) is 5.92 Å². The van der Waals surface area contributed by atoms with Gasteiger partial charge in [-0.25, -0.2) is 0 Å². The third kappa shape index (κ3) is 6.31. The summed E-state index contributed by atoms with van der Waals surface area (Å²) in [4.78, 5) is 1.42. The molecule has 0 bridgehead atoms. The molecule has 0 aliphatic heterocycles. The number of allylic oxidation sites excluding steroid dienone is 2. The van der Waals surface area contributed by atoms with Gasteiger partial charge in [-0.2, -0.15) is 0 Å². The van der Waals surface area contributed by atoms with E-state index in [9.17, 15) is 0 Å². The van der Waals surface area contributed by atoms with Crippen LogP contribution in [0.1, 0.15) is 47.0 Å². The average molecular weight is 212 g/mol. The molecule has 0 atom stereocenters. The summed E-state index contributed by atoms with van der Waals surface area (Å²) < 4.78 is 0. The molecule has 0 aromatic carbocycles. The minimum absolute atomic E-state index is 0.759. The van der Waals surface area contributed by atoms with E-state index < -0.39 is 0 Å². The number of hydrogen-bond donors (Lipinski definition) is 0. The van der Waals surface area contributed by atoms with E-state index in [-0.39, 0.29) is 0 Å². The molecule has 0 N–H and O–H groups in total. The number of thioether (sulfide) groups is 1. The summed E-state index contributed by atoms with van der Waals surface area (Å²) in [5.41, 5.74) is 1.32. The lowest BCUT2D eigenvalue weighted by Crippen LogP contribution is -1.93. The highest BCUT2D eigenvalue weighted by atomic mass is 32.2. The smallest absolute Gasteiger partial charge is 0.00581 e. The number of rotatable bonds is 7. The van der Waals surface area contributed by atoms with Crippen LogP contribution in [0.5, 0.6) is 0 Å². The standard InChI is InChI=1S/C13H24S/c1-6-8-12(5)13(9-7-2)14-10-11(3)4/h9,11H,5-8,10H2,1-4H3/b13-9+. The molecule has 0 aliphatic carbocycles. The molecular weight excluding hydrogens is 188 g/mol. The molecule has 0 aliphatic rings. The molecule has 1 heteroatoms. The Hall–Kier alpha value is -0.170. The molecule has 0 radical (unpaired) electrons. The van der Waals surface area contributed by atoms with Crippen molar-refractivity contribution < 1.29 is 0 Å². The highest BCUT2D eigenvalue weighted by Crippen LogP contribution is 2.28. The fraction of sp³-hybridized carbons (Fsp3) is 0.692. The van der Waals surface area contributed by atoms with Gasteiger partial charge in [-0.1, -0.05) is 46.8 Å². The van der Waals surface area contributed by atoms with Crippen LogP contribution < -0.4 is 0 Å². The molecular formula is C13H24S. The lowest BCUT2D eigenvalue weighted by atomic mass is 10.1. The summed E-state index contributed by atoms with van der Waals surface area (Å²) in [6.07, 6.45) is 5.76. The van der Waals surface area contributed by atoms with E-state index in [4.69, 9.17) is 0 Å². The highest BCUT2D eigenvalue weighted by Gasteiger charge is 2.03. The fourth-order valence-electron chi connectivity index (χ4n) is 1.17. The third-order valence-electron chi connectivity index (χ3n) is 1.86. The molecule has 0 rings (SSSR count). The van der Waals surface area contributed by atoms with Crippen LogP contribution in [0.3, 0.4) is 0 Å². The molecule has 0 saturated heterocycles. The van der Waals surface area contributed by atoms with Gasteiger partial charge in [-0.05, 0) is 24.3 Å². The van der Waals surface area contributed by atoms with Crippen molar-refractivity contribution in [2.45, 2.75) is 47.0 Å². The molecule has 82 valence electrons. The molecule has 0 amide bonds. The second-order valence-corrected chi connectivity index (χ2v) is 5.10. The molecule has 0 aromatic heterocycles. The first-order valence-electron chi connectivity index (χ1n) is 5.62. The molecule has 14 heavy (non-hydrogen) atoms. The molecule has 0 saturated carbocycles.